The average Bonchev–Trinajstić information content (AvgIpc) is 2.03. The Morgan fingerprint density at radius 2 is 2.18 bits per heavy atom. The summed E-state index contributed by atoms with van der Waals surface area (Å²) < 4.78 is 14.8. The highest BCUT2D eigenvalue weighted by Gasteiger charge is 1.99. The second-order valence-electron chi connectivity index (χ2n) is 2.02. The van der Waals surface area contributed by atoms with Gasteiger partial charge in [-0.15, -0.1) is 0 Å². The molecule has 0 spiro atoms. The molecule has 0 fully saturated rings. The Morgan fingerprint density at radius 3 is 2.55 bits per heavy atom. The lowest BCUT2D eigenvalue weighted by atomic mass is 10.1. The molecule has 0 aromatic heterocycles. The van der Waals surface area contributed by atoms with Crippen molar-refractivity contribution in [2.45, 2.75) is 6.54 Å². The van der Waals surface area contributed by atoms with Gasteiger partial charge < -0.3 is 10.8 Å². The van der Waals surface area contributed by atoms with E-state index in [0.29, 0.717) is 5.56 Å². The normalized spacial score (nSPS) is 12.1. The molecule has 3 nitrogen and oxygen atoms in total. The lowest BCUT2D eigenvalue weighted by molar-refractivity contribution is 0.0697. The lowest BCUT2D eigenvalue weighted by Crippen LogP contribution is -1.99. The van der Waals surface area contributed by atoms with E-state index in [1.54, 1.807) is 0 Å². The number of carbonyl (C=O) groups is 1. The largest absolute Gasteiger partial charge is 0.478 e. The van der Waals surface area contributed by atoms with E-state index in [2.05, 4.69) is 0 Å². The molecule has 0 saturated carbocycles. The number of benzene rings is 1. The molecule has 1 rings (SSSR count). The number of carboxylic acid groups (broad SMARTS) is 1. The molecule has 0 aliphatic carbocycles. The van der Waals surface area contributed by atoms with Gasteiger partial charge in [0.25, 0.3) is 0 Å². The van der Waals surface area contributed by atoms with Gasteiger partial charge in [0.05, 0.1) is 8.30 Å². The highest BCUT2D eigenvalue weighted by Crippen LogP contribution is 2.02. The Labute approximate surface area is 67.3 Å². The maximum absolute atomic E-state index is 10.5. The van der Waals surface area contributed by atoms with Crippen LogP contribution in [0.5, 0.6) is 0 Å². The molecule has 3 N–H and O–H groups in total. The van der Waals surface area contributed by atoms with E-state index in [4.69, 9.17) is 13.6 Å². The Balaban J connectivity index is 3.28. The van der Waals surface area contributed by atoms with Gasteiger partial charge in [-0.3, -0.25) is 0 Å². The summed E-state index contributed by atoms with van der Waals surface area (Å²) in [6, 6.07) is 2.41. The van der Waals surface area contributed by atoms with E-state index in [-0.39, 0.29) is 24.2 Å². The van der Waals surface area contributed by atoms with Crippen molar-refractivity contribution in [2.75, 3.05) is 0 Å². The molecule has 1 aromatic carbocycles. The van der Waals surface area contributed by atoms with E-state index >= 15 is 0 Å². The Kier molecular flexibility index (Phi) is 1.53. The fourth-order valence-electron chi connectivity index (χ4n) is 0.654. The highest BCUT2D eigenvalue weighted by atomic mass is 16.4. The summed E-state index contributed by atoms with van der Waals surface area (Å²) in [7, 11) is 0. The van der Waals surface area contributed by atoms with Crippen LogP contribution in [0.25, 0.3) is 0 Å². The van der Waals surface area contributed by atoms with Gasteiger partial charge in [0.1, 0.15) is 0 Å². The third kappa shape index (κ3) is 1.78. The number of rotatable bonds is 2. The summed E-state index contributed by atoms with van der Waals surface area (Å²) in [5, 5.41) is 8.60. The highest BCUT2D eigenvalue weighted by molar-refractivity contribution is 5.87. The SMILES string of the molecule is [2H]c1cc(C(=O)O)cc([2H])c1CN. The van der Waals surface area contributed by atoms with Crippen molar-refractivity contribution < 1.29 is 12.6 Å². The summed E-state index contributed by atoms with van der Waals surface area (Å²) in [5.41, 5.74) is 5.61. The molecule has 3 heteroatoms. The van der Waals surface area contributed by atoms with Crippen LogP contribution >= 0.6 is 0 Å². The molecule has 0 saturated heterocycles. The number of hydrogen-bond donors (Lipinski definition) is 2. The predicted octanol–water partition coefficient (Wildman–Crippen LogP) is 0.844. The standard InChI is InChI=1S/C8H9NO2/c9-5-6-1-3-7(4-2-6)8(10)11/h1-4H,5,9H2,(H,10,11)/i1D,2D. The second-order valence-corrected chi connectivity index (χ2v) is 2.02. The van der Waals surface area contributed by atoms with Crippen LogP contribution in [0.1, 0.15) is 18.7 Å². The first kappa shape index (κ1) is 5.32. The van der Waals surface area contributed by atoms with Crippen LogP contribution in [0, 0.1) is 0 Å². The van der Waals surface area contributed by atoms with Crippen LogP contribution in [-0.4, -0.2) is 11.1 Å². The maximum atomic E-state index is 10.5. The summed E-state index contributed by atoms with van der Waals surface area (Å²) in [6.45, 7) is 0.0809. The Bertz CT molecular complexity index is 329. The number of carboxylic acids is 1. The van der Waals surface area contributed by atoms with Crippen molar-refractivity contribution in [3.05, 3.63) is 35.3 Å². The minimum Gasteiger partial charge on any atom is -0.478 e. The van der Waals surface area contributed by atoms with Crippen LogP contribution in [-0.2, 0) is 6.54 Å². The van der Waals surface area contributed by atoms with Gasteiger partial charge in [-0.05, 0) is 17.7 Å². The minimum atomic E-state index is -1.13. The second kappa shape index (κ2) is 3.16. The minimum absolute atomic E-state index is 0.00685. The number of aromatic carboxylic acids is 1. The van der Waals surface area contributed by atoms with E-state index in [1.165, 1.54) is 12.1 Å². The third-order valence-electron chi connectivity index (χ3n) is 1.25. The van der Waals surface area contributed by atoms with Crippen molar-refractivity contribution in [1.82, 2.24) is 0 Å². The van der Waals surface area contributed by atoms with Gasteiger partial charge in [0, 0.05) is 6.54 Å². The van der Waals surface area contributed by atoms with E-state index < -0.39 is 5.97 Å². The molecule has 0 amide bonds. The molecule has 0 unspecified atom stereocenters. The van der Waals surface area contributed by atoms with Crippen LogP contribution < -0.4 is 5.73 Å². The first-order chi connectivity index (χ1) is 6.06. The molecule has 0 aliphatic rings. The third-order valence-corrected chi connectivity index (χ3v) is 1.25. The number of hydrogen-bond acceptors (Lipinski definition) is 2. The van der Waals surface area contributed by atoms with E-state index in [1.807, 2.05) is 0 Å². The van der Waals surface area contributed by atoms with Crippen molar-refractivity contribution >= 4 is 5.97 Å². The fourth-order valence-corrected chi connectivity index (χ4v) is 0.654. The van der Waals surface area contributed by atoms with Gasteiger partial charge >= 0.3 is 5.97 Å². The molecule has 0 bridgehead atoms. The Morgan fingerprint density at radius 1 is 1.64 bits per heavy atom. The van der Waals surface area contributed by atoms with E-state index in [0.717, 1.165) is 0 Å². The van der Waals surface area contributed by atoms with Gasteiger partial charge in [0.2, 0.25) is 0 Å². The molecule has 0 heterocycles. The zero-order valence-electron chi connectivity index (χ0n) is 7.79. The average molecular weight is 153 g/mol. The summed E-state index contributed by atoms with van der Waals surface area (Å²) >= 11 is 0. The fraction of sp³-hybridized carbons (Fsp3) is 0.125. The zero-order valence-corrected chi connectivity index (χ0v) is 5.79. The van der Waals surface area contributed by atoms with Crippen LogP contribution in [0.2, 0.25) is 0 Å². The van der Waals surface area contributed by atoms with E-state index in [9.17, 15) is 4.79 Å². The molecular weight excluding hydrogens is 142 g/mol. The zero-order chi connectivity index (χ0) is 10.0. The van der Waals surface area contributed by atoms with Crippen LogP contribution in [0.15, 0.2) is 24.2 Å². The van der Waals surface area contributed by atoms with Crippen molar-refractivity contribution in [3.63, 3.8) is 0 Å². The smallest absolute Gasteiger partial charge is 0.335 e. The predicted molar refractivity (Wildman–Crippen MR) is 41.3 cm³/mol. The molecular formula is C8H9NO2. The summed E-state index contributed by atoms with van der Waals surface area (Å²) in [6.07, 6.45) is 0. The monoisotopic (exact) mass is 153 g/mol. The lowest BCUT2D eigenvalue weighted by Gasteiger charge is -1.96. The van der Waals surface area contributed by atoms with Gasteiger partial charge in [-0.25, -0.2) is 4.79 Å². The quantitative estimate of drug-likeness (QED) is 0.661. The first-order valence-corrected chi connectivity index (χ1v) is 3.09. The molecule has 0 atom stereocenters. The first-order valence-electron chi connectivity index (χ1n) is 4.09. The van der Waals surface area contributed by atoms with Crippen LogP contribution in [0.4, 0.5) is 0 Å². The van der Waals surface area contributed by atoms with Crippen molar-refractivity contribution in [2.24, 2.45) is 5.73 Å². The molecule has 11 heavy (non-hydrogen) atoms. The summed E-state index contributed by atoms with van der Waals surface area (Å²) in [5.74, 6) is -1.13. The molecule has 0 aliphatic heterocycles. The summed E-state index contributed by atoms with van der Waals surface area (Å²) in [4.78, 5) is 10.5. The number of nitrogens with two attached hydrogens (primary N) is 1. The van der Waals surface area contributed by atoms with Crippen LogP contribution in [0.3, 0.4) is 0 Å². The van der Waals surface area contributed by atoms with Gasteiger partial charge in [-0.1, -0.05) is 12.1 Å². The molecule has 1 aromatic rings. The Hall–Kier alpha value is -1.35. The van der Waals surface area contributed by atoms with Gasteiger partial charge in [0.15, 0.2) is 0 Å². The van der Waals surface area contributed by atoms with Crippen molar-refractivity contribution in [3.8, 4) is 0 Å². The topological polar surface area (TPSA) is 63.3 Å². The van der Waals surface area contributed by atoms with Crippen molar-refractivity contribution in [1.29, 1.82) is 0 Å². The van der Waals surface area contributed by atoms with Gasteiger partial charge in [-0.2, -0.15) is 0 Å². The molecule has 0 radical (unpaired) electrons. The molecule has 58 valence electrons. The maximum Gasteiger partial charge on any atom is 0.335 e.